The Morgan fingerprint density at radius 2 is 2.00 bits per heavy atom. The van der Waals surface area contributed by atoms with E-state index in [1.54, 1.807) is 45.7 Å². The molecule has 1 aliphatic heterocycles. The number of rotatable bonds is 5. The minimum Gasteiger partial charge on any atom is -0.488 e. The topological polar surface area (TPSA) is 69.4 Å². The van der Waals surface area contributed by atoms with Gasteiger partial charge in [-0.15, -0.1) is 0 Å². The average Bonchev–Trinajstić information content (AvgIpc) is 3.36. The quantitative estimate of drug-likeness (QED) is 0.648. The molecule has 0 bridgehead atoms. The van der Waals surface area contributed by atoms with Crippen LogP contribution in [-0.2, 0) is 18.4 Å². The van der Waals surface area contributed by atoms with Crippen molar-refractivity contribution in [2.45, 2.75) is 26.0 Å². The van der Waals surface area contributed by atoms with Gasteiger partial charge in [-0.1, -0.05) is 12.1 Å². The molecule has 1 unspecified atom stereocenters. The minimum absolute atomic E-state index is 0.0463. The van der Waals surface area contributed by atoms with Crippen molar-refractivity contribution in [1.82, 2.24) is 19.2 Å². The normalized spacial score (nSPS) is 16.1. The van der Waals surface area contributed by atoms with E-state index in [4.69, 9.17) is 4.74 Å². The van der Waals surface area contributed by atoms with Crippen LogP contribution in [0, 0.1) is 12.7 Å². The third-order valence-electron chi connectivity index (χ3n) is 5.39. The Bertz CT molecular complexity index is 1120. The zero-order valence-corrected chi connectivity index (χ0v) is 16.9. The number of carbonyl (C=O) groups is 1. The lowest BCUT2D eigenvalue weighted by Gasteiger charge is -2.17. The molecular weight excluding hydrogens is 387 g/mol. The predicted octanol–water partition coefficient (Wildman–Crippen LogP) is 2.38. The molecule has 1 aliphatic rings. The van der Waals surface area contributed by atoms with E-state index in [-0.39, 0.29) is 29.9 Å². The standard InChI is InChI=1S/C22H23FN4O3/c1-15-9-20(10-21(28)25(15)2)30-19-7-8-26(13-19)22(29)14-27-12-17(11-24-27)16-3-5-18(23)6-4-16/h3-6,9-12,19H,7-8,13-14H2,1-2H3. The summed E-state index contributed by atoms with van der Waals surface area (Å²) in [6.07, 6.45) is 4.00. The van der Waals surface area contributed by atoms with Crippen molar-refractivity contribution in [2.24, 2.45) is 7.05 Å². The second kappa shape index (κ2) is 8.14. The third-order valence-corrected chi connectivity index (χ3v) is 5.39. The number of aryl methyl sites for hydroxylation is 1. The number of aromatic nitrogens is 3. The van der Waals surface area contributed by atoms with Gasteiger partial charge in [0.15, 0.2) is 0 Å². The van der Waals surface area contributed by atoms with E-state index >= 15 is 0 Å². The maximum absolute atomic E-state index is 13.1. The molecular formula is C22H23FN4O3. The molecule has 2 aromatic heterocycles. The lowest BCUT2D eigenvalue weighted by Crippen LogP contribution is -2.33. The van der Waals surface area contributed by atoms with Gasteiger partial charge in [-0.3, -0.25) is 14.3 Å². The maximum atomic E-state index is 13.1. The number of hydrogen-bond donors (Lipinski definition) is 0. The van der Waals surface area contributed by atoms with Crippen molar-refractivity contribution < 1.29 is 13.9 Å². The molecule has 8 heteroatoms. The Balaban J connectivity index is 1.35. The van der Waals surface area contributed by atoms with E-state index in [0.717, 1.165) is 16.8 Å². The van der Waals surface area contributed by atoms with E-state index in [1.807, 2.05) is 13.0 Å². The first-order valence-corrected chi connectivity index (χ1v) is 9.79. The molecule has 3 heterocycles. The van der Waals surface area contributed by atoms with Crippen LogP contribution in [0.2, 0.25) is 0 Å². The highest BCUT2D eigenvalue weighted by molar-refractivity contribution is 5.76. The SMILES string of the molecule is Cc1cc(OC2CCN(C(=O)Cn3cc(-c4ccc(F)cc4)cn3)C2)cc(=O)n1C. The smallest absolute Gasteiger partial charge is 0.254 e. The number of nitrogens with zero attached hydrogens (tertiary/aromatic N) is 4. The zero-order valence-electron chi connectivity index (χ0n) is 16.9. The summed E-state index contributed by atoms with van der Waals surface area (Å²) in [5.74, 6) is 0.194. The fourth-order valence-electron chi connectivity index (χ4n) is 3.53. The Labute approximate surface area is 173 Å². The summed E-state index contributed by atoms with van der Waals surface area (Å²) < 4.78 is 22.2. The molecule has 30 heavy (non-hydrogen) atoms. The molecule has 0 saturated carbocycles. The van der Waals surface area contributed by atoms with E-state index in [2.05, 4.69) is 5.10 Å². The van der Waals surface area contributed by atoms with Gasteiger partial charge in [0.1, 0.15) is 24.2 Å². The first kappa shape index (κ1) is 19.9. The summed E-state index contributed by atoms with van der Waals surface area (Å²) in [6, 6.07) is 9.45. The van der Waals surface area contributed by atoms with Crippen LogP contribution >= 0.6 is 0 Å². The van der Waals surface area contributed by atoms with Gasteiger partial charge in [-0.05, 0) is 30.7 Å². The summed E-state index contributed by atoms with van der Waals surface area (Å²) in [5, 5.41) is 4.25. The molecule has 0 aliphatic carbocycles. The number of hydrogen-bond acceptors (Lipinski definition) is 4. The molecule has 1 amide bonds. The number of carbonyl (C=O) groups excluding carboxylic acids is 1. The van der Waals surface area contributed by atoms with E-state index in [0.29, 0.717) is 25.3 Å². The van der Waals surface area contributed by atoms with Gasteiger partial charge in [-0.25, -0.2) is 4.39 Å². The molecule has 1 saturated heterocycles. The lowest BCUT2D eigenvalue weighted by atomic mass is 10.1. The fraction of sp³-hybridized carbons (Fsp3) is 0.318. The van der Waals surface area contributed by atoms with Crippen LogP contribution in [0.1, 0.15) is 12.1 Å². The molecule has 1 atom stereocenters. The van der Waals surface area contributed by atoms with Gasteiger partial charge in [-0.2, -0.15) is 5.10 Å². The first-order chi connectivity index (χ1) is 14.4. The molecule has 0 spiro atoms. The van der Waals surface area contributed by atoms with Gasteiger partial charge in [0, 0.05) is 43.5 Å². The number of ether oxygens (including phenoxy) is 1. The Morgan fingerprint density at radius 3 is 2.73 bits per heavy atom. The van der Waals surface area contributed by atoms with Crippen molar-refractivity contribution in [3.05, 3.63) is 70.7 Å². The van der Waals surface area contributed by atoms with Crippen LogP contribution in [-0.4, -0.2) is 44.3 Å². The highest BCUT2D eigenvalue weighted by atomic mass is 19.1. The molecule has 1 aromatic carbocycles. The molecule has 4 rings (SSSR count). The number of pyridine rings is 1. The van der Waals surface area contributed by atoms with Crippen molar-refractivity contribution in [1.29, 1.82) is 0 Å². The van der Waals surface area contributed by atoms with Crippen molar-refractivity contribution >= 4 is 5.91 Å². The molecule has 7 nitrogen and oxygen atoms in total. The largest absolute Gasteiger partial charge is 0.488 e. The van der Waals surface area contributed by atoms with Crippen molar-refractivity contribution in [3.8, 4) is 16.9 Å². The van der Waals surface area contributed by atoms with Gasteiger partial charge >= 0.3 is 0 Å². The fourth-order valence-corrected chi connectivity index (χ4v) is 3.53. The highest BCUT2D eigenvalue weighted by Gasteiger charge is 2.28. The van der Waals surface area contributed by atoms with E-state index in [9.17, 15) is 14.0 Å². The van der Waals surface area contributed by atoms with E-state index in [1.165, 1.54) is 18.2 Å². The molecule has 0 radical (unpaired) electrons. The van der Waals surface area contributed by atoms with Gasteiger partial charge in [0.25, 0.3) is 5.56 Å². The average molecular weight is 410 g/mol. The number of benzene rings is 1. The van der Waals surface area contributed by atoms with Gasteiger partial charge in [0.05, 0.1) is 12.7 Å². The molecule has 3 aromatic rings. The van der Waals surface area contributed by atoms with Gasteiger partial charge in [0.2, 0.25) is 5.91 Å². The van der Waals surface area contributed by atoms with Crippen LogP contribution in [0.3, 0.4) is 0 Å². The minimum atomic E-state index is -0.293. The van der Waals surface area contributed by atoms with Crippen molar-refractivity contribution in [3.63, 3.8) is 0 Å². The third kappa shape index (κ3) is 4.27. The number of halogens is 1. The second-order valence-electron chi connectivity index (χ2n) is 7.53. The maximum Gasteiger partial charge on any atom is 0.254 e. The molecule has 156 valence electrons. The summed E-state index contributed by atoms with van der Waals surface area (Å²) in [6.45, 7) is 3.04. The summed E-state index contributed by atoms with van der Waals surface area (Å²) in [4.78, 5) is 26.3. The van der Waals surface area contributed by atoms with Crippen LogP contribution < -0.4 is 10.3 Å². The number of amides is 1. The van der Waals surface area contributed by atoms with Gasteiger partial charge < -0.3 is 14.2 Å². The summed E-state index contributed by atoms with van der Waals surface area (Å²) in [5.41, 5.74) is 2.37. The predicted molar refractivity (Wildman–Crippen MR) is 110 cm³/mol. The summed E-state index contributed by atoms with van der Waals surface area (Å²) >= 11 is 0. The lowest BCUT2D eigenvalue weighted by molar-refractivity contribution is -0.131. The summed E-state index contributed by atoms with van der Waals surface area (Å²) in [7, 11) is 1.72. The second-order valence-corrected chi connectivity index (χ2v) is 7.53. The zero-order chi connectivity index (χ0) is 21.3. The van der Waals surface area contributed by atoms with Crippen LogP contribution in [0.25, 0.3) is 11.1 Å². The Kier molecular flexibility index (Phi) is 5.39. The molecule has 1 fully saturated rings. The monoisotopic (exact) mass is 410 g/mol. The van der Waals surface area contributed by atoms with Crippen LogP contribution in [0.4, 0.5) is 4.39 Å². The van der Waals surface area contributed by atoms with Crippen LogP contribution in [0.15, 0.2) is 53.6 Å². The highest BCUT2D eigenvalue weighted by Crippen LogP contribution is 2.20. The van der Waals surface area contributed by atoms with E-state index < -0.39 is 0 Å². The molecule has 0 N–H and O–H groups in total. The first-order valence-electron chi connectivity index (χ1n) is 9.79. The Hall–Kier alpha value is -3.42. The number of likely N-dealkylation sites (tertiary alicyclic amines) is 1. The van der Waals surface area contributed by atoms with Crippen LogP contribution in [0.5, 0.6) is 5.75 Å². The Morgan fingerprint density at radius 1 is 1.23 bits per heavy atom. The van der Waals surface area contributed by atoms with Crippen molar-refractivity contribution in [2.75, 3.05) is 13.1 Å².